The summed E-state index contributed by atoms with van der Waals surface area (Å²) < 4.78 is 30.2. The molecule has 0 unspecified atom stereocenters. The van der Waals surface area contributed by atoms with Crippen LogP contribution in [0.25, 0.3) is 0 Å². The van der Waals surface area contributed by atoms with Crippen LogP contribution in [0.2, 0.25) is 0 Å². The molecule has 0 fully saturated rings. The van der Waals surface area contributed by atoms with Crippen LogP contribution in [0.4, 0.5) is 11.4 Å². The summed E-state index contributed by atoms with van der Waals surface area (Å²) in [5, 5.41) is 11.0. The van der Waals surface area contributed by atoms with Gasteiger partial charge in [0.25, 0.3) is 5.69 Å². The van der Waals surface area contributed by atoms with E-state index < -0.39 is 14.9 Å². The summed E-state index contributed by atoms with van der Waals surface area (Å²) in [5.41, 5.74) is 0.177. The molecule has 0 aliphatic carbocycles. The van der Waals surface area contributed by atoms with Gasteiger partial charge in [-0.1, -0.05) is 45.4 Å². The van der Waals surface area contributed by atoms with Crippen molar-refractivity contribution in [3.8, 4) is 5.75 Å². The zero-order valence-electron chi connectivity index (χ0n) is 15.2. The van der Waals surface area contributed by atoms with Gasteiger partial charge >= 0.3 is 0 Å². The normalized spacial score (nSPS) is 11.3. The van der Waals surface area contributed by atoms with Gasteiger partial charge in [-0.15, -0.1) is 0 Å². The molecule has 142 valence electrons. The molecule has 0 heterocycles. The molecular formula is C17H28N2O5S. The standard InChI is InChI=1S/C17H28N2O5S/c1-4-5-6-7-8-9-10-13-24-17-14-15(19(20)21)11-12-16(17)18(2)25(3,22)23/h11-12,14H,4-10,13H2,1-3H3. The van der Waals surface area contributed by atoms with E-state index in [1.54, 1.807) is 0 Å². The van der Waals surface area contributed by atoms with E-state index in [1.165, 1.54) is 50.9 Å². The van der Waals surface area contributed by atoms with Crippen LogP contribution in [-0.2, 0) is 10.0 Å². The fourth-order valence-corrected chi connectivity index (χ4v) is 2.92. The Morgan fingerprint density at radius 1 is 1.12 bits per heavy atom. The number of nitro groups is 1. The molecule has 0 spiro atoms. The molecule has 0 aliphatic rings. The Balaban J connectivity index is 2.69. The van der Waals surface area contributed by atoms with Crippen LogP contribution in [-0.4, -0.2) is 33.3 Å². The van der Waals surface area contributed by atoms with Crippen LogP contribution < -0.4 is 9.04 Å². The van der Waals surface area contributed by atoms with Crippen molar-refractivity contribution in [2.45, 2.75) is 51.9 Å². The van der Waals surface area contributed by atoms with E-state index >= 15 is 0 Å². The minimum Gasteiger partial charge on any atom is -0.491 e. The number of hydrogen-bond donors (Lipinski definition) is 0. The van der Waals surface area contributed by atoms with Gasteiger partial charge < -0.3 is 4.74 Å². The predicted molar refractivity (Wildman–Crippen MR) is 99.8 cm³/mol. The fraction of sp³-hybridized carbons (Fsp3) is 0.647. The van der Waals surface area contributed by atoms with Crippen molar-refractivity contribution in [2.24, 2.45) is 0 Å². The largest absolute Gasteiger partial charge is 0.491 e. The highest BCUT2D eigenvalue weighted by Gasteiger charge is 2.20. The summed E-state index contributed by atoms with van der Waals surface area (Å²) in [4.78, 5) is 10.4. The van der Waals surface area contributed by atoms with Crippen molar-refractivity contribution in [3.05, 3.63) is 28.3 Å². The monoisotopic (exact) mass is 372 g/mol. The van der Waals surface area contributed by atoms with Crippen LogP contribution >= 0.6 is 0 Å². The molecule has 0 N–H and O–H groups in total. The van der Waals surface area contributed by atoms with Gasteiger partial charge in [0.2, 0.25) is 10.0 Å². The summed E-state index contributed by atoms with van der Waals surface area (Å²) >= 11 is 0. The Morgan fingerprint density at radius 2 is 1.72 bits per heavy atom. The van der Waals surface area contributed by atoms with E-state index in [-0.39, 0.29) is 11.4 Å². The number of nitro benzene ring substituents is 1. The number of hydrogen-bond acceptors (Lipinski definition) is 5. The van der Waals surface area contributed by atoms with E-state index in [0.717, 1.165) is 29.8 Å². The van der Waals surface area contributed by atoms with Gasteiger partial charge in [-0.25, -0.2) is 8.42 Å². The van der Waals surface area contributed by atoms with Crippen molar-refractivity contribution >= 4 is 21.4 Å². The molecule has 1 rings (SSSR count). The van der Waals surface area contributed by atoms with E-state index in [4.69, 9.17) is 4.74 Å². The predicted octanol–water partition coefficient (Wildman–Crippen LogP) is 4.12. The Morgan fingerprint density at radius 3 is 2.28 bits per heavy atom. The summed E-state index contributed by atoms with van der Waals surface area (Å²) in [5.74, 6) is 0.216. The minimum absolute atomic E-state index is 0.125. The Bertz CT molecular complexity index is 661. The fourth-order valence-electron chi connectivity index (χ4n) is 2.41. The molecule has 8 heteroatoms. The van der Waals surface area contributed by atoms with Gasteiger partial charge in [-0.3, -0.25) is 14.4 Å². The lowest BCUT2D eigenvalue weighted by molar-refractivity contribution is -0.384. The second-order valence-corrected chi connectivity index (χ2v) is 8.12. The van der Waals surface area contributed by atoms with Gasteiger partial charge in [0, 0.05) is 13.1 Å². The quantitative estimate of drug-likeness (QED) is 0.313. The molecule has 0 radical (unpaired) electrons. The van der Waals surface area contributed by atoms with Crippen LogP contribution in [0.5, 0.6) is 5.75 Å². The minimum atomic E-state index is -3.48. The van der Waals surface area contributed by atoms with E-state index in [2.05, 4.69) is 6.92 Å². The average molecular weight is 372 g/mol. The van der Waals surface area contributed by atoms with Gasteiger partial charge in [-0.05, 0) is 12.5 Å². The molecule has 1 aromatic rings. The first kappa shape index (κ1) is 21.2. The molecule has 25 heavy (non-hydrogen) atoms. The van der Waals surface area contributed by atoms with Gasteiger partial charge in [0.1, 0.15) is 5.75 Å². The first-order valence-electron chi connectivity index (χ1n) is 8.62. The van der Waals surface area contributed by atoms with Crippen molar-refractivity contribution in [1.82, 2.24) is 0 Å². The molecule has 0 bridgehead atoms. The summed E-state index contributed by atoms with van der Waals surface area (Å²) in [6, 6.07) is 3.95. The molecule has 0 amide bonds. The highest BCUT2D eigenvalue weighted by molar-refractivity contribution is 7.92. The van der Waals surface area contributed by atoms with Crippen LogP contribution in [0.15, 0.2) is 18.2 Å². The molecular weight excluding hydrogens is 344 g/mol. The first-order chi connectivity index (χ1) is 11.8. The van der Waals surface area contributed by atoms with Crippen LogP contribution in [0, 0.1) is 10.1 Å². The second kappa shape index (κ2) is 10.2. The van der Waals surface area contributed by atoms with E-state index in [0.29, 0.717) is 12.3 Å². The van der Waals surface area contributed by atoms with Crippen molar-refractivity contribution < 1.29 is 18.1 Å². The second-order valence-electron chi connectivity index (χ2n) is 6.11. The zero-order valence-corrected chi connectivity index (χ0v) is 16.0. The first-order valence-corrected chi connectivity index (χ1v) is 10.5. The number of benzene rings is 1. The number of rotatable bonds is 12. The third-order valence-corrected chi connectivity index (χ3v) is 5.19. The summed E-state index contributed by atoms with van der Waals surface area (Å²) in [6.45, 7) is 2.58. The third-order valence-electron chi connectivity index (χ3n) is 4.00. The highest BCUT2D eigenvalue weighted by Crippen LogP contribution is 2.33. The summed E-state index contributed by atoms with van der Waals surface area (Å²) in [7, 11) is -2.08. The lowest BCUT2D eigenvalue weighted by atomic mass is 10.1. The Hall–Kier alpha value is -1.83. The number of anilines is 1. The van der Waals surface area contributed by atoms with E-state index in [9.17, 15) is 18.5 Å². The topological polar surface area (TPSA) is 89.8 Å². The number of ether oxygens (including phenoxy) is 1. The molecule has 0 saturated carbocycles. The Labute approximate surface area is 150 Å². The van der Waals surface area contributed by atoms with Crippen molar-refractivity contribution in [1.29, 1.82) is 0 Å². The molecule has 0 aromatic heterocycles. The summed E-state index contributed by atoms with van der Waals surface area (Å²) in [6.07, 6.45) is 8.98. The molecule has 7 nitrogen and oxygen atoms in total. The van der Waals surface area contributed by atoms with Gasteiger partial charge in [0.15, 0.2) is 0 Å². The molecule has 0 aliphatic heterocycles. The maximum Gasteiger partial charge on any atom is 0.273 e. The average Bonchev–Trinajstić information content (AvgIpc) is 2.55. The van der Waals surface area contributed by atoms with Gasteiger partial charge in [-0.2, -0.15) is 0 Å². The molecule has 0 saturated heterocycles. The highest BCUT2D eigenvalue weighted by atomic mass is 32.2. The maximum atomic E-state index is 11.7. The lowest BCUT2D eigenvalue weighted by Crippen LogP contribution is -2.25. The smallest absolute Gasteiger partial charge is 0.273 e. The molecule has 1 aromatic carbocycles. The number of sulfonamides is 1. The van der Waals surface area contributed by atoms with Crippen molar-refractivity contribution in [2.75, 3.05) is 24.2 Å². The zero-order chi connectivity index (χ0) is 18.9. The number of non-ortho nitro benzene ring substituents is 1. The number of unbranched alkanes of at least 4 members (excludes halogenated alkanes) is 6. The number of nitrogens with zero attached hydrogens (tertiary/aromatic N) is 2. The van der Waals surface area contributed by atoms with Crippen LogP contribution in [0.3, 0.4) is 0 Å². The molecule has 0 atom stereocenters. The Kier molecular flexibility index (Phi) is 8.68. The van der Waals surface area contributed by atoms with E-state index in [1.807, 2.05) is 0 Å². The third kappa shape index (κ3) is 7.29. The SMILES string of the molecule is CCCCCCCCCOc1cc([N+](=O)[O-])ccc1N(C)S(C)(=O)=O. The van der Waals surface area contributed by atoms with Crippen molar-refractivity contribution in [3.63, 3.8) is 0 Å². The van der Waals surface area contributed by atoms with Crippen LogP contribution in [0.1, 0.15) is 51.9 Å². The maximum absolute atomic E-state index is 11.7. The van der Waals surface area contributed by atoms with Gasteiger partial charge in [0.05, 0.1) is 29.5 Å². The lowest BCUT2D eigenvalue weighted by Gasteiger charge is -2.20.